The number of nitrogens with one attached hydrogen (secondary N) is 1. The highest BCUT2D eigenvalue weighted by Gasteiger charge is 2.35. The van der Waals surface area contributed by atoms with Crippen molar-refractivity contribution in [3.8, 4) is 0 Å². The molecule has 6 nitrogen and oxygen atoms in total. The Bertz CT molecular complexity index is 348. The van der Waals surface area contributed by atoms with Crippen LogP contribution in [0, 0.1) is 11.8 Å². The summed E-state index contributed by atoms with van der Waals surface area (Å²) in [6.07, 6.45) is 4.06. The van der Waals surface area contributed by atoms with Crippen LogP contribution in [0.1, 0.15) is 32.1 Å². The summed E-state index contributed by atoms with van der Waals surface area (Å²) in [6.45, 7) is 1.35. The van der Waals surface area contributed by atoms with Crippen molar-refractivity contribution < 1.29 is 19.8 Å². The molecule has 1 aliphatic heterocycles. The van der Waals surface area contributed by atoms with Gasteiger partial charge in [-0.1, -0.05) is 6.42 Å². The fourth-order valence-corrected chi connectivity index (χ4v) is 3.08. The van der Waals surface area contributed by atoms with Gasteiger partial charge in [0.25, 0.3) is 0 Å². The largest absolute Gasteiger partial charge is 0.481 e. The number of rotatable bonds is 3. The molecule has 6 heteroatoms. The molecule has 2 amide bonds. The first-order valence-electron chi connectivity index (χ1n) is 7.01. The predicted molar refractivity (Wildman–Crippen MR) is 68.7 cm³/mol. The molecule has 108 valence electrons. The zero-order chi connectivity index (χ0) is 13.8. The first kappa shape index (κ1) is 14.1. The minimum Gasteiger partial charge on any atom is -0.481 e. The second kappa shape index (κ2) is 6.23. The Morgan fingerprint density at radius 1 is 1.21 bits per heavy atom. The van der Waals surface area contributed by atoms with Gasteiger partial charge in [0, 0.05) is 25.7 Å². The van der Waals surface area contributed by atoms with Gasteiger partial charge in [0.1, 0.15) is 0 Å². The van der Waals surface area contributed by atoms with Crippen molar-refractivity contribution in [3.05, 3.63) is 0 Å². The van der Waals surface area contributed by atoms with Crippen molar-refractivity contribution in [3.63, 3.8) is 0 Å². The number of aliphatic carboxylic acids is 1. The molecule has 2 rings (SSSR count). The standard InChI is InChI=1S/C13H22N2O4/c16-8-9-3-2-6-15(7-9)13(19)14-11-5-1-4-10(11)12(17)18/h9-11,16H,1-8H2,(H,14,19)(H,17,18). The van der Waals surface area contributed by atoms with Crippen molar-refractivity contribution in [2.24, 2.45) is 11.8 Å². The maximum Gasteiger partial charge on any atom is 0.317 e. The number of nitrogens with zero attached hydrogens (tertiary/aromatic N) is 1. The number of urea groups is 1. The van der Waals surface area contributed by atoms with Crippen molar-refractivity contribution in [2.75, 3.05) is 19.7 Å². The molecule has 1 aliphatic carbocycles. The van der Waals surface area contributed by atoms with E-state index in [0.717, 1.165) is 25.7 Å². The molecule has 2 fully saturated rings. The minimum absolute atomic E-state index is 0.102. The van der Waals surface area contributed by atoms with E-state index in [4.69, 9.17) is 10.2 Å². The van der Waals surface area contributed by atoms with Gasteiger partial charge in [0.2, 0.25) is 0 Å². The van der Waals surface area contributed by atoms with Crippen LogP contribution in [0.25, 0.3) is 0 Å². The molecule has 0 aromatic heterocycles. The molecule has 0 radical (unpaired) electrons. The van der Waals surface area contributed by atoms with Crippen LogP contribution in [-0.4, -0.2) is 52.9 Å². The number of piperidine rings is 1. The molecule has 3 N–H and O–H groups in total. The third kappa shape index (κ3) is 3.37. The molecular weight excluding hydrogens is 248 g/mol. The van der Waals surface area contributed by atoms with Crippen LogP contribution in [0.2, 0.25) is 0 Å². The number of likely N-dealkylation sites (tertiary alicyclic amines) is 1. The summed E-state index contributed by atoms with van der Waals surface area (Å²) in [7, 11) is 0. The maximum atomic E-state index is 12.1. The molecule has 0 aromatic carbocycles. The normalized spacial score (nSPS) is 31.2. The maximum absolute atomic E-state index is 12.1. The van der Waals surface area contributed by atoms with Crippen LogP contribution in [0.3, 0.4) is 0 Å². The molecule has 0 aromatic rings. The van der Waals surface area contributed by atoms with E-state index in [0.29, 0.717) is 19.5 Å². The SMILES string of the molecule is O=C(O)C1CCCC1NC(=O)N1CCCC(CO)C1. The lowest BCUT2D eigenvalue weighted by Gasteiger charge is -2.33. The summed E-state index contributed by atoms with van der Waals surface area (Å²) in [5.41, 5.74) is 0. The van der Waals surface area contributed by atoms with Gasteiger partial charge in [0.15, 0.2) is 0 Å². The zero-order valence-corrected chi connectivity index (χ0v) is 11.0. The summed E-state index contributed by atoms with van der Waals surface area (Å²) in [5.74, 6) is -1.13. The molecule has 3 atom stereocenters. The van der Waals surface area contributed by atoms with Gasteiger partial charge in [-0.25, -0.2) is 4.79 Å². The van der Waals surface area contributed by atoms with Crippen molar-refractivity contribution in [1.29, 1.82) is 0 Å². The fraction of sp³-hybridized carbons (Fsp3) is 0.846. The number of amides is 2. The lowest BCUT2D eigenvalue weighted by Crippen LogP contribution is -2.50. The number of carboxylic acid groups (broad SMARTS) is 1. The van der Waals surface area contributed by atoms with E-state index in [2.05, 4.69) is 5.32 Å². The fourth-order valence-electron chi connectivity index (χ4n) is 3.08. The number of carbonyl (C=O) groups excluding carboxylic acids is 1. The third-order valence-electron chi connectivity index (χ3n) is 4.21. The van der Waals surface area contributed by atoms with Crippen LogP contribution in [-0.2, 0) is 4.79 Å². The van der Waals surface area contributed by atoms with E-state index >= 15 is 0 Å². The molecule has 1 saturated heterocycles. The van der Waals surface area contributed by atoms with E-state index in [9.17, 15) is 9.59 Å². The number of aliphatic hydroxyl groups excluding tert-OH is 1. The number of hydrogen-bond acceptors (Lipinski definition) is 3. The lowest BCUT2D eigenvalue weighted by atomic mass is 9.99. The van der Waals surface area contributed by atoms with Crippen molar-refractivity contribution in [2.45, 2.75) is 38.1 Å². The molecule has 3 unspecified atom stereocenters. The summed E-state index contributed by atoms with van der Waals surface area (Å²) in [5, 5.41) is 21.1. The quantitative estimate of drug-likeness (QED) is 0.702. The van der Waals surface area contributed by atoms with Crippen LogP contribution in [0.15, 0.2) is 0 Å². The Labute approximate surface area is 112 Å². The summed E-state index contributed by atoms with van der Waals surface area (Å²) in [4.78, 5) is 24.9. The third-order valence-corrected chi connectivity index (χ3v) is 4.21. The lowest BCUT2D eigenvalue weighted by molar-refractivity contribution is -0.142. The van der Waals surface area contributed by atoms with Gasteiger partial charge >= 0.3 is 12.0 Å². The van der Waals surface area contributed by atoms with E-state index in [1.54, 1.807) is 4.90 Å². The van der Waals surface area contributed by atoms with Crippen LogP contribution >= 0.6 is 0 Å². The van der Waals surface area contributed by atoms with E-state index in [1.807, 2.05) is 0 Å². The highest BCUT2D eigenvalue weighted by Crippen LogP contribution is 2.26. The second-order valence-electron chi connectivity index (χ2n) is 5.57. The summed E-state index contributed by atoms with van der Waals surface area (Å²) < 4.78 is 0. The average Bonchev–Trinajstić information content (AvgIpc) is 2.87. The molecule has 0 spiro atoms. The van der Waals surface area contributed by atoms with E-state index in [-0.39, 0.29) is 24.6 Å². The Hall–Kier alpha value is -1.30. The Morgan fingerprint density at radius 3 is 2.68 bits per heavy atom. The number of hydrogen-bond donors (Lipinski definition) is 3. The first-order chi connectivity index (χ1) is 9.11. The Morgan fingerprint density at radius 2 is 2.00 bits per heavy atom. The van der Waals surface area contributed by atoms with Crippen molar-refractivity contribution >= 4 is 12.0 Å². The van der Waals surface area contributed by atoms with Gasteiger partial charge in [0.05, 0.1) is 5.92 Å². The monoisotopic (exact) mass is 270 g/mol. The molecule has 2 aliphatic rings. The molecule has 19 heavy (non-hydrogen) atoms. The number of carbonyl (C=O) groups is 2. The smallest absolute Gasteiger partial charge is 0.317 e. The van der Waals surface area contributed by atoms with Gasteiger partial charge in [-0.05, 0) is 31.6 Å². The van der Waals surface area contributed by atoms with E-state index in [1.165, 1.54) is 0 Å². The van der Waals surface area contributed by atoms with Crippen LogP contribution in [0.5, 0.6) is 0 Å². The first-order valence-corrected chi connectivity index (χ1v) is 7.01. The Balaban J connectivity index is 1.88. The van der Waals surface area contributed by atoms with Gasteiger partial charge in [-0.15, -0.1) is 0 Å². The van der Waals surface area contributed by atoms with Crippen LogP contribution in [0.4, 0.5) is 4.79 Å². The highest BCUT2D eigenvalue weighted by molar-refractivity contribution is 5.77. The van der Waals surface area contributed by atoms with Crippen molar-refractivity contribution in [1.82, 2.24) is 10.2 Å². The highest BCUT2D eigenvalue weighted by atomic mass is 16.4. The topological polar surface area (TPSA) is 89.9 Å². The summed E-state index contributed by atoms with van der Waals surface area (Å²) >= 11 is 0. The molecule has 1 heterocycles. The number of aliphatic hydroxyl groups is 1. The van der Waals surface area contributed by atoms with Gasteiger partial charge < -0.3 is 20.4 Å². The predicted octanol–water partition coefficient (Wildman–Crippen LogP) is 0.654. The number of carboxylic acids is 1. The van der Waals surface area contributed by atoms with E-state index < -0.39 is 11.9 Å². The summed E-state index contributed by atoms with van der Waals surface area (Å²) in [6, 6.07) is -0.434. The zero-order valence-electron chi connectivity index (χ0n) is 11.0. The average molecular weight is 270 g/mol. The molecule has 1 saturated carbocycles. The Kier molecular flexibility index (Phi) is 4.63. The molecular formula is C13H22N2O4. The van der Waals surface area contributed by atoms with Crippen LogP contribution < -0.4 is 5.32 Å². The molecule has 0 bridgehead atoms. The van der Waals surface area contributed by atoms with Gasteiger partial charge in [-0.2, -0.15) is 0 Å². The van der Waals surface area contributed by atoms with Gasteiger partial charge in [-0.3, -0.25) is 4.79 Å². The minimum atomic E-state index is -0.824. The second-order valence-corrected chi connectivity index (χ2v) is 5.57.